The number of benzene rings is 2. The van der Waals surface area contributed by atoms with Crippen LogP contribution in [0.5, 0.6) is 5.75 Å². The van der Waals surface area contributed by atoms with Gasteiger partial charge in [-0.15, -0.1) is 0 Å². The van der Waals surface area contributed by atoms with Gasteiger partial charge in [-0.05, 0) is 42.8 Å². The molecular formula is C20H21ClN2O6S. The van der Waals surface area contributed by atoms with Crippen molar-refractivity contribution in [3.63, 3.8) is 0 Å². The van der Waals surface area contributed by atoms with Gasteiger partial charge in [0, 0.05) is 23.7 Å². The number of hydrogen-bond donors (Lipinski definition) is 1. The molecule has 1 unspecified atom stereocenters. The molecule has 0 aliphatic carbocycles. The predicted octanol–water partition coefficient (Wildman–Crippen LogP) is 2.99. The van der Waals surface area contributed by atoms with E-state index in [1.54, 1.807) is 25.1 Å². The smallest absolute Gasteiger partial charge is 0.337 e. The molecular weight excluding hydrogens is 432 g/mol. The zero-order chi connectivity index (χ0) is 22.1. The lowest BCUT2D eigenvalue weighted by molar-refractivity contribution is -0.122. The summed E-state index contributed by atoms with van der Waals surface area (Å²) in [5.74, 6) is -0.746. The fraction of sp³-hybridized carbons (Fsp3) is 0.300. The summed E-state index contributed by atoms with van der Waals surface area (Å²) in [7, 11) is -2.33. The van der Waals surface area contributed by atoms with Crippen LogP contribution in [0.3, 0.4) is 0 Å². The molecule has 0 saturated carbocycles. The van der Waals surface area contributed by atoms with Gasteiger partial charge in [0.25, 0.3) is 5.91 Å². The van der Waals surface area contributed by atoms with E-state index < -0.39 is 28.0 Å². The van der Waals surface area contributed by atoms with Crippen LogP contribution in [0.4, 0.5) is 11.4 Å². The van der Waals surface area contributed by atoms with Gasteiger partial charge < -0.3 is 14.8 Å². The lowest BCUT2D eigenvalue weighted by atomic mass is 10.1. The van der Waals surface area contributed by atoms with Crippen LogP contribution >= 0.6 is 11.6 Å². The number of carbonyl (C=O) groups excluding carboxylic acids is 2. The van der Waals surface area contributed by atoms with Crippen LogP contribution < -0.4 is 14.4 Å². The Morgan fingerprint density at radius 2 is 1.97 bits per heavy atom. The van der Waals surface area contributed by atoms with Crippen molar-refractivity contribution >= 4 is 44.9 Å². The van der Waals surface area contributed by atoms with E-state index in [2.05, 4.69) is 5.32 Å². The van der Waals surface area contributed by atoms with Gasteiger partial charge in [0.1, 0.15) is 5.75 Å². The normalized spacial score (nSPS) is 16.1. The van der Waals surface area contributed by atoms with Crippen molar-refractivity contribution < 1.29 is 27.5 Å². The number of sulfonamides is 1. The average molecular weight is 453 g/mol. The van der Waals surface area contributed by atoms with Crippen molar-refractivity contribution in [1.82, 2.24) is 0 Å². The van der Waals surface area contributed by atoms with Gasteiger partial charge in [0.2, 0.25) is 10.0 Å². The molecule has 0 bridgehead atoms. The summed E-state index contributed by atoms with van der Waals surface area (Å²) in [4.78, 5) is 24.7. The maximum atomic E-state index is 12.9. The maximum absolute atomic E-state index is 12.9. The molecule has 0 aromatic heterocycles. The largest absolute Gasteiger partial charge is 0.478 e. The van der Waals surface area contributed by atoms with Crippen LogP contribution in [0.2, 0.25) is 5.02 Å². The van der Waals surface area contributed by atoms with Crippen LogP contribution in [0.15, 0.2) is 36.4 Å². The summed E-state index contributed by atoms with van der Waals surface area (Å²) in [6.45, 7) is 1.83. The third kappa shape index (κ3) is 4.68. The van der Waals surface area contributed by atoms with E-state index in [9.17, 15) is 18.0 Å². The Labute approximate surface area is 179 Å². The molecule has 0 spiro atoms. The minimum Gasteiger partial charge on any atom is -0.478 e. The Morgan fingerprint density at radius 3 is 2.63 bits per heavy atom. The summed E-state index contributed by atoms with van der Waals surface area (Å²) in [6.07, 6.45) is 0.263. The summed E-state index contributed by atoms with van der Waals surface area (Å²) in [5.41, 5.74) is 1.76. The summed E-state index contributed by atoms with van der Waals surface area (Å²) in [6, 6.07) is 9.39. The van der Waals surface area contributed by atoms with Crippen LogP contribution in [-0.4, -0.2) is 46.3 Å². The van der Waals surface area contributed by atoms with E-state index in [0.29, 0.717) is 16.3 Å². The minimum absolute atomic E-state index is 0.0471. The minimum atomic E-state index is -3.60. The molecule has 0 fully saturated rings. The van der Waals surface area contributed by atoms with E-state index in [1.165, 1.54) is 29.6 Å². The molecule has 1 aliphatic rings. The number of nitrogens with zero attached hydrogens (tertiary/aromatic N) is 1. The van der Waals surface area contributed by atoms with Crippen LogP contribution in [-0.2, 0) is 19.6 Å². The van der Waals surface area contributed by atoms with Crippen molar-refractivity contribution in [3.05, 3.63) is 52.5 Å². The van der Waals surface area contributed by atoms with E-state index in [1.807, 2.05) is 0 Å². The standard InChI is InChI=1S/C20H21ClN2O6S/c1-12-4-5-13(20(25)28-2)10-15(12)22-19(24)18-8-9-23(30(3,26)27)16-11-14(21)6-7-17(16)29-18/h4-7,10-11,18H,8-9H2,1-3H3,(H,22,24). The van der Waals surface area contributed by atoms with Crippen LogP contribution in [0.25, 0.3) is 0 Å². The zero-order valence-corrected chi connectivity index (χ0v) is 18.2. The SMILES string of the molecule is COC(=O)c1ccc(C)c(NC(=O)C2CCN(S(C)(=O)=O)c3cc(Cl)ccc3O2)c1. The number of aryl methyl sites for hydroxylation is 1. The number of esters is 1. The van der Waals surface area contributed by atoms with E-state index >= 15 is 0 Å². The Kier molecular flexibility index (Phi) is 6.23. The topological polar surface area (TPSA) is 102 Å². The number of rotatable bonds is 4. The fourth-order valence-electron chi connectivity index (χ4n) is 3.10. The molecule has 1 aliphatic heterocycles. The number of hydrogen-bond acceptors (Lipinski definition) is 6. The van der Waals surface area contributed by atoms with Crippen molar-refractivity contribution in [1.29, 1.82) is 0 Å². The Bertz CT molecular complexity index is 1100. The fourth-order valence-corrected chi connectivity index (χ4v) is 4.20. The first-order chi connectivity index (χ1) is 14.1. The molecule has 8 nitrogen and oxygen atoms in total. The number of methoxy groups -OCH3 is 1. The van der Waals surface area contributed by atoms with Gasteiger partial charge in [-0.1, -0.05) is 17.7 Å². The van der Waals surface area contributed by atoms with Gasteiger partial charge in [-0.2, -0.15) is 0 Å². The molecule has 30 heavy (non-hydrogen) atoms. The number of halogens is 1. The van der Waals surface area contributed by atoms with Gasteiger partial charge in [0.05, 0.1) is 24.6 Å². The molecule has 160 valence electrons. The Morgan fingerprint density at radius 1 is 1.23 bits per heavy atom. The van der Waals surface area contributed by atoms with E-state index in [0.717, 1.165) is 11.8 Å². The van der Waals surface area contributed by atoms with Crippen molar-refractivity contribution in [2.75, 3.05) is 29.5 Å². The quantitative estimate of drug-likeness (QED) is 0.715. The molecule has 0 saturated heterocycles. The third-order valence-electron chi connectivity index (χ3n) is 4.66. The Hall–Kier alpha value is -2.78. The van der Waals surface area contributed by atoms with E-state index in [-0.39, 0.29) is 24.4 Å². The van der Waals surface area contributed by atoms with Crippen molar-refractivity contribution in [2.24, 2.45) is 0 Å². The number of anilines is 2. The van der Waals surface area contributed by atoms with E-state index in [4.69, 9.17) is 21.1 Å². The Balaban J connectivity index is 1.88. The number of fused-ring (bicyclic) bond motifs is 1. The molecule has 2 aromatic carbocycles. The van der Waals surface area contributed by atoms with Crippen molar-refractivity contribution in [2.45, 2.75) is 19.4 Å². The first kappa shape index (κ1) is 21.9. The number of ether oxygens (including phenoxy) is 2. The molecule has 1 amide bonds. The molecule has 2 aromatic rings. The van der Waals surface area contributed by atoms with Crippen LogP contribution in [0.1, 0.15) is 22.3 Å². The molecule has 10 heteroatoms. The van der Waals surface area contributed by atoms with Gasteiger partial charge in [0.15, 0.2) is 6.10 Å². The highest BCUT2D eigenvalue weighted by molar-refractivity contribution is 7.92. The average Bonchev–Trinajstić information content (AvgIpc) is 2.88. The molecule has 1 atom stereocenters. The zero-order valence-electron chi connectivity index (χ0n) is 16.6. The van der Waals surface area contributed by atoms with Gasteiger partial charge in [-0.3, -0.25) is 9.10 Å². The second kappa shape index (κ2) is 8.53. The molecule has 0 radical (unpaired) electrons. The molecule has 1 heterocycles. The van der Waals surface area contributed by atoms with Gasteiger partial charge >= 0.3 is 5.97 Å². The number of nitrogens with one attached hydrogen (secondary N) is 1. The second-order valence-electron chi connectivity index (χ2n) is 6.85. The van der Waals surface area contributed by atoms with Gasteiger partial charge in [-0.25, -0.2) is 13.2 Å². The first-order valence-corrected chi connectivity index (χ1v) is 11.3. The maximum Gasteiger partial charge on any atom is 0.337 e. The first-order valence-electron chi connectivity index (χ1n) is 9.04. The number of carbonyl (C=O) groups is 2. The highest BCUT2D eigenvalue weighted by Gasteiger charge is 2.31. The highest BCUT2D eigenvalue weighted by Crippen LogP contribution is 2.36. The molecule has 3 rings (SSSR count). The third-order valence-corrected chi connectivity index (χ3v) is 6.08. The summed E-state index contributed by atoms with van der Waals surface area (Å²) < 4.78 is 36.2. The summed E-state index contributed by atoms with van der Waals surface area (Å²) >= 11 is 6.03. The molecule has 1 N–H and O–H groups in total. The monoisotopic (exact) mass is 452 g/mol. The second-order valence-corrected chi connectivity index (χ2v) is 9.20. The number of amides is 1. The highest BCUT2D eigenvalue weighted by atomic mass is 35.5. The summed E-state index contributed by atoms with van der Waals surface area (Å²) in [5, 5.41) is 3.11. The van der Waals surface area contributed by atoms with Crippen molar-refractivity contribution in [3.8, 4) is 5.75 Å². The lowest BCUT2D eigenvalue weighted by Gasteiger charge is -2.21. The predicted molar refractivity (Wildman–Crippen MR) is 114 cm³/mol. The lowest BCUT2D eigenvalue weighted by Crippen LogP contribution is -2.36. The van der Waals surface area contributed by atoms with Crippen LogP contribution in [0, 0.1) is 6.92 Å².